The first-order valence-electron chi connectivity index (χ1n) is 38.6. The van der Waals surface area contributed by atoms with E-state index in [0.717, 1.165) is 38.5 Å². The van der Waals surface area contributed by atoms with Crippen LogP contribution in [0.4, 0.5) is 122 Å². The Kier molecular flexibility index (Phi) is 42.7. The fourth-order valence-corrected chi connectivity index (χ4v) is 13.9. The summed E-state index contributed by atoms with van der Waals surface area (Å²) in [6.45, 7) is 5.02. The Hall–Kier alpha value is -17.0. The van der Waals surface area contributed by atoms with Crippen molar-refractivity contribution in [2.75, 3.05) is 78.7 Å². The van der Waals surface area contributed by atoms with Crippen LogP contribution in [-0.4, -0.2) is 94.7 Å². The van der Waals surface area contributed by atoms with E-state index in [0.29, 0.717) is 45.9 Å². The average Bonchev–Trinajstić information content (AvgIpc) is 1.77. The molecule has 8 aromatic carbocycles. The highest BCUT2D eigenvalue weighted by Crippen LogP contribution is 2.35. The van der Waals surface area contributed by atoms with Crippen LogP contribution in [0.25, 0.3) is 0 Å². The number of carbonyl (C=O) groups is 6. The lowest BCUT2D eigenvalue weighted by atomic mass is 10.2. The van der Waals surface area contributed by atoms with Crippen molar-refractivity contribution in [2.45, 2.75) is 53.2 Å². The molecule has 0 aliphatic carbocycles. The first-order chi connectivity index (χ1) is 64.4. The number of rotatable bonds is 28. The van der Waals surface area contributed by atoms with Gasteiger partial charge in [-0.2, -0.15) is 0 Å². The molecule has 14 aromatic rings. The fraction of sp³-hybridized carbons (Fsp3) is 0.118. The van der Waals surface area contributed by atoms with Crippen molar-refractivity contribution < 1.29 is 77.3 Å². The maximum Gasteiger partial charge on any atom is 0.415 e. The van der Waals surface area contributed by atoms with E-state index < -0.39 is 59.6 Å². The maximum absolute atomic E-state index is 12.9. The zero-order valence-corrected chi connectivity index (χ0v) is 75.4. The molecule has 16 N–H and O–H groups in total. The summed E-state index contributed by atoms with van der Waals surface area (Å²) in [5.74, 6) is 0. The number of ether oxygens (including phenoxy) is 4. The molecule has 134 heavy (non-hydrogen) atoms. The zero-order valence-electron chi connectivity index (χ0n) is 70.5. The minimum atomic E-state index is -0.815. The van der Waals surface area contributed by atoms with Crippen molar-refractivity contribution in [3.63, 3.8) is 0 Å². The van der Waals surface area contributed by atoms with Crippen LogP contribution in [0.15, 0.2) is 257 Å². The van der Waals surface area contributed by atoms with Gasteiger partial charge in [-0.1, -0.05) is 78.9 Å². The number of aldehydes is 2. The third-order valence-electron chi connectivity index (χ3n) is 16.7. The summed E-state index contributed by atoms with van der Waals surface area (Å²) in [5.41, 5.74) is 35.6. The molecule has 0 radical (unpaired) electrons. The number of nitrogens with one attached hydrogen (secondary N) is 4. The van der Waals surface area contributed by atoms with E-state index in [2.05, 4.69) is 36.2 Å². The van der Waals surface area contributed by atoms with Gasteiger partial charge < -0.3 is 64.0 Å². The second-order valence-electron chi connectivity index (χ2n) is 25.9. The van der Waals surface area contributed by atoms with Crippen molar-refractivity contribution >= 4 is 207 Å². The van der Waals surface area contributed by atoms with Crippen LogP contribution in [0.2, 0.25) is 0 Å². The normalized spacial score (nSPS) is 9.93. The number of nitro benzene ring substituents is 6. The Labute approximate surface area is 785 Å². The number of thiophene rings is 3. The van der Waals surface area contributed by atoms with Crippen LogP contribution in [0.5, 0.6) is 0 Å². The van der Waals surface area contributed by atoms with Gasteiger partial charge in [0.15, 0.2) is 17.6 Å². The molecule has 0 spiro atoms. The van der Waals surface area contributed by atoms with Crippen LogP contribution in [0, 0.1) is 60.7 Å². The van der Waals surface area contributed by atoms with E-state index in [1.807, 2.05) is 113 Å². The van der Waals surface area contributed by atoms with Gasteiger partial charge in [0.2, 0.25) is 0 Å². The van der Waals surface area contributed by atoms with E-state index in [9.17, 15) is 89.5 Å². The molecule has 0 aliphatic heterocycles. The molecule has 0 saturated carbocycles. The maximum atomic E-state index is 12.9. The Morgan fingerprint density at radius 3 is 1.13 bits per heavy atom. The standard InChI is InChI=1S/C22H21N3O6S.C21H20N4O6S.C11H11N3O2S.C10H10N4O2S.2C6H7N3O2.C5H4OS.C4H3NOS/c1-2-30-21(26)23-19-11-10-17(13-20(19)25(28)29)24(14-18-9-6-12-32-18)22(27)31-15-16-7-4-3-5-8-16;1-2-30-20(26)23-17-9-8-16(12-18(17)25(28)29)24(13-19-22-10-11-32-19)21(27)31-14-15-6-4-3-5-7-15;12-10-4-3-8(6-11(10)14(15)16)13-7-9-2-1-5-17-9;11-8-2-1-7(5-9(8)14(15)16)13-6-10-12-3-4-17-10;2*7-4-1-2-5(8)6(3-4)9(10)11;6-4-5-2-1-3-7-5;6-3-4-5-1-2-7-4/h3-13H,2,14-15H2,1H3,(H,23,26);3-12H,2,13-14H2,1H3,(H,23,26);1-6,13H,7,12H2;1-5,13H,6,11H2;2*1-3H,7-8H2;1-4H;1-3H. The molecule has 0 saturated heterocycles. The van der Waals surface area contributed by atoms with Gasteiger partial charge in [-0.25, -0.2) is 34.1 Å². The molecular weight excluding hydrogens is 1860 g/mol. The number of amides is 4. The third-order valence-corrected chi connectivity index (χ3v) is 21.4. The second kappa shape index (κ2) is 55.0. The molecule has 0 atom stereocenters. The predicted octanol–water partition coefficient (Wildman–Crippen LogP) is 19.7. The summed E-state index contributed by atoms with van der Waals surface area (Å²) in [6, 6.07) is 55.4. The molecule has 4 amide bonds. The van der Waals surface area contributed by atoms with Gasteiger partial charge in [0.1, 0.15) is 57.4 Å². The van der Waals surface area contributed by atoms with Gasteiger partial charge >= 0.3 is 24.4 Å². The highest BCUT2D eigenvalue weighted by molar-refractivity contribution is 7.12. The van der Waals surface area contributed by atoms with Gasteiger partial charge in [0, 0.05) is 110 Å². The van der Waals surface area contributed by atoms with E-state index in [1.165, 1.54) is 168 Å². The number of nitrogens with two attached hydrogens (primary N) is 6. The first-order valence-corrected chi connectivity index (χ1v) is 43.8. The van der Waals surface area contributed by atoms with Crippen molar-refractivity contribution in [1.29, 1.82) is 0 Å². The number of hydrogen-bond acceptors (Lipinski definition) is 39. The van der Waals surface area contributed by atoms with Crippen LogP contribution >= 0.6 is 68.0 Å². The summed E-state index contributed by atoms with van der Waals surface area (Å²) < 4.78 is 20.4. The molecule has 6 heterocycles. The lowest BCUT2D eigenvalue weighted by molar-refractivity contribution is -0.384. The molecule has 6 aromatic heterocycles. The Bertz CT molecular complexity index is 5790. The molecule has 696 valence electrons. The third kappa shape index (κ3) is 35.5. The minimum absolute atomic E-state index is 0.0362. The topological polar surface area (TPSA) is 648 Å². The Balaban J connectivity index is 0.000000221. The SMILES string of the molecule is CCOC(=O)Nc1ccc(N(Cc2cccs2)C(=O)OCc2ccccc2)cc1[N+](=O)[O-].CCOC(=O)Nc1ccc(N(Cc2nccs2)C(=O)OCc2ccccc2)cc1[N+](=O)[O-].Nc1ccc(N)c([N+](=O)[O-])c1.Nc1ccc(N)c([N+](=O)[O-])c1.Nc1ccc(NCc2cccs2)cc1[N+](=O)[O-].Nc1ccc(NCc2nccs2)cc1[N+](=O)[O-].O=Cc1cccs1.O=Cc1nccs1. The zero-order chi connectivity index (χ0) is 97.4. The summed E-state index contributed by atoms with van der Waals surface area (Å²) in [7, 11) is 0. The number of nitrogens with zero attached hydrogens (tertiary/aromatic N) is 11. The summed E-state index contributed by atoms with van der Waals surface area (Å²) in [6.07, 6.45) is 3.55. The fourth-order valence-electron chi connectivity index (χ4n) is 10.4. The number of aromatic nitrogens is 3. The summed E-state index contributed by atoms with van der Waals surface area (Å²) in [4.78, 5) is 148. The molecule has 43 nitrogen and oxygen atoms in total. The van der Waals surface area contributed by atoms with Crippen molar-refractivity contribution in [1.82, 2.24) is 15.0 Å². The molecule has 0 bridgehead atoms. The summed E-state index contributed by atoms with van der Waals surface area (Å²) in [5, 5.41) is 89.2. The molecule has 49 heteroatoms. The van der Waals surface area contributed by atoms with Crippen LogP contribution in [0.3, 0.4) is 0 Å². The summed E-state index contributed by atoms with van der Waals surface area (Å²) >= 11 is 8.74. The number of hydrogen-bond donors (Lipinski definition) is 10. The smallest absolute Gasteiger partial charge is 0.415 e. The highest BCUT2D eigenvalue weighted by Gasteiger charge is 2.28. The number of carbonyl (C=O) groups excluding carboxylic acids is 6. The van der Waals surface area contributed by atoms with Gasteiger partial charge in [0.05, 0.1) is 78.6 Å². The first kappa shape index (κ1) is 104. The molecule has 14 rings (SSSR count). The predicted molar refractivity (Wildman–Crippen MR) is 517 cm³/mol. The average molecular weight is 1940 g/mol. The van der Waals surface area contributed by atoms with Crippen molar-refractivity contribution in [3.8, 4) is 0 Å². The highest BCUT2D eigenvalue weighted by atomic mass is 32.1. The molecule has 0 aliphatic rings. The van der Waals surface area contributed by atoms with Gasteiger partial charge in [0.25, 0.3) is 34.1 Å². The second-order valence-corrected chi connectivity index (χ2v) is 31.8. The lowest BCUT2D eigenvalue weighted by Gasteiger charge is -2.22. The van der Waals surface area contributed by atoms with Gasteiger partial charge in [-0.05, 0) is 132 Å². The quantitative estimate of drug-likeness (QED) is 0.00716. The molecule has 0 fully saturated rings. The molecular formula is C85H83N21O22S6. The Morgan fingerprint density at radius 1 is 0.381 bits per heavy atom. The van der Waals surface area contributed by atoms with Crippen LogP contribution in [-0.2, 0) is 58.3 Å². The van der Waals surface area contributed by atoms with Crippen molar-refractivity contribution in [3.05, 3.63) is 359 Å². The van der Waals surface area contributed by atoms with Crippen molar-refractivity contribution in [2.24, 2.45) is 0 Å². The molecule has 0 unspecified atom stereocenters. The minimum Gasteiger partial charge on any atom is -0.450 e. The number of nitro groups is 6. The lowest BCUT2D eigenvalue weighted by Crippen LogP contribution is -2.31. The monoisotopic (exact) mass is 1940 g/mol. The van der Waals surface area contributed by atoms with Gasteiger partial charge in [-0.15, -0.1) is 68.0 Å². The van der Waals surface area contributed by atoms with E-state index in [-0.39, 0.29) is 113 Å². The van der Waals surface area contributed by atoms with E-state index in [4.69, 9.17) is 53.3 Å². The van der Waals surface area contributed by atoms with Crippen LogP contribution in [0.1, 0.15) is 64.2 Å². The van der Waals surface area contributed by atoms with E-state index in [1.54, 1.807) is 72.7 Å². The number of nitrogen functional groups attached to an aromatic ring is 6. The number of anilines is 12. The largest absolute Gasteiger partial charge is 0.450 e. The number of thiazole rings is 3. The van der Waals surface area contributed by atoms with Crippen LogP contribution < -0.4 is 65.5 Å². The van der Waals surface area contributed by atoms with Gasteiger partial charge in [-0.3, -0.25) is 90.7 Å². The van der Waals surface area contributed by atoms with E-state index >= 15 is 0 Å². The number of benzene rings is 8. The Morgan fingerprint density at radius 2 is 0.776 bits per heavy atom.